The second kappa shape index (κ2) is 9.37. The van der Waals surface area contributed by atoms with Crippen LogP contribution in [0.4, 0.5) is 0 Å². The van der Waals surface area contributed by atoms with Gasteiger partial charge in [-0.3, -0.25) is 4.79 Å². The van der Waals surface area contributed by atoms with Crippen molar-refractivity contribution >= 4 is 5.91 Å². The summed E-state index contributed by atoms with van der Waals surface area (Å²) >= 11 is 0. The van der Waals surface area contributed by atoms with Crippen LogP contribution in [0.15, 0.2) is 0 Å². The maximum absolute atomic E-state index is 12.0. The number of carbonyl (C=O) groups is 1. The number of nitrogens with one attached hydrogen (secondary N) is 2. The SMILES string of the molecule is CCCC(CCC)C(=O)NCC[NH+]1CCCCC1. The number of amides is 1. The smallest absolute Gasteiger partial charge is 0.223 e. The van der Waals surface area contributed by atoms with Crippen LogP contribution in [0, 0.1) is 5.92 Å². The van der Waals surface area contributed by atoms with Gasteiger partial charge in [0, 0.05) is 5.92 Å². The molecule has 0 aromatic carbocycles. The Kier molecular flexibility index (Phi) is 8.06. The van der Waals surface area contributed by atoms with Crippen LogP contribution in [0.3, 0.4) is 0 Å². The summed E-state index contributed by atoms with van der Waals surface area (Å²) < 4.78 is 0. The van der Waals surface area contributed by atoms with Crippen LogP contribution in [0.1, 0.15) is 58.8 Å². The van der Waals surface area contributed by atoms with Crippen molar-refractivity contribution in [2.75, 3.05) is 26.2 Å². The molecule has 3 nitrogen and oxygen atoms in total. The number of hydrogen-bond donors (Lipinski definition) is 2. The molecule has 3 heteroatoms. The van der Waals surface area contributed by atoms with Gasteiger partial charge < -0.3 is 10.2 Å². The molecule has 0 radical (unpaired) electrons. The molecule has 106 valence electrons. The van der Waals surface area contributed by atoms with Crippen LogP contribution in [0.2, 0.25) is 0 Å². The Morgan fingerprint density at radius 1 is 1.11 bits per heavy atom. The zero-order chi connectivity index (χ0) is 13.2. The van der Waals surface area contributed by atoms with E-state index in [0.29, 0.717) is 0 Å². The molecule has 0 bridgehead atoms. The van der Waals surface area contributed by atoms with Crippen LogP contribution >= 0.6 is 0 Å². The van der Waals surface area contributed by atoms with Crippen molar-refractivity contribution in [1.82, 2.24) is 5.32 Å². The van der Waals surface area contributed by atoms with Gasteiger partial charge in [-0.15, -0.1) is 0 Å². The number of rotatable bonds is 8. The maximum atomic E-state index is 12.0. The fourth-order valence-corrected chi connectivity index (χ4v) is 2.91. The molecule has 0 aromatic heterocycles. The number of piperidine rings is 1. The van der Waals surface area contributed by atoms with E-state index in [-0.39, 0.29) is 11.8 Å². The first kappa shape index (κ1) is 15.5. The van der Waals surface area contributed by atoms with Crippen LogP contribution in [0.25, 0.3) is 0 Å². The molecule has 1 aliphatic rings. The number of carbonyl (C=O) groups excluding carboxylic acids is 1. The topological polar surface area (TPSA) is 33.5 Å². The summed E-state index contributed by atoms with van der Waals surface area (Å²) in [6.45, 7) is 8.88. The molecule has 0 aromatic rings. The average molecular weight is 255 g/mol. The lowest BCUT2D eigenvalue weighted by atomic mass is 9.97. The van der Waals surface area contributed by atoms with Crippen molar-refractivity contribution in [3.63, 3.8) is 0 Å². The number of likely N-dealkylation sites (tertiary alicyclic amines) is 1. The van der Waals surface area contributed by atoms with Crippen LogP contribution in [-0.4, -0.2) is 32.1 Å². The highest BCUT2D eigenvalue weighted by atomic mass is 16.1. The van der Waals surface area contributed by atoms with Crippen molar-refractivity contribution < 1.29 is 9.69 Å². The van der Waals surface area contributed by atoms with E-state index in [0.717, 1.165) is 38.8 Å². The lowest BCUT2D eigenvalue weighted by molar-refractivity contribution is -0.903. The molecule has 0 atom stereocenters. The highest BCUT2D eigenvalue weighted by Crippen LogP contribution is 2.13. The first-order chi connectivity index (χ1) is 8.77. The van der Waals surface area contributed by atoms with E-state index in [1.807, 2.05) is 0 Å². The summed E-state index contributed by atoms with van der Waals surface area (Å²) in [5.41, 5.74) is 0. The van der Waals surface area contributed by atoms with Gasteiger partial charge in [-0.05, 0) is 32.1 Å². The summed E-state index contributed by atoms with van der Waals surface area (Å²) in [6, 6.07) is 0. The Labute approximate surface area is 112 Å². The van der Waals surface area contributed by atoms with E-state index >= 15 is 0 Å². The van der Waals surface area contributed by atoms with Crippen LogP contribution in [0.5, 0.6) is 0 Å². The molecule has 18 heavy (non-hydrogen) atoms. The second-order valence-electron chi connectivity index (χ2n) is 5.63. The van der Waals surface area contributed by atoms with Crippen molar-refractivity contribution in [2.24, 2.45) is 5.92 Å². The quantitative estimate of drug-likeness (QED) is 0.675. The molecule has 2 N–H and O–H groups in total. The Balaban J connectivity index is 2.17. The highest BCUT2D eigenvalue weighted by Gasteiger charge is 2.17. The normalized spacial score (nSPS) is 17.1. The molecule has 1 amide bonds. The molecule has 0 spiro atoms. The van der Waals surface area contributed by atoms with Gasteiger partial charge in [0.15, 0.2) is 0 Å². The fraction of sp³-hybridized carbons (Fsp3) is 0.933. The lowest BCUT2D eigenvalue weighted by Gasteiger charge is -2.24. The molecule has 0 saturated carbocycles. The molecule has 1 aliphatic heterocycles. The molecular formula is C15H31N2O+. The molecule has 1 heterocycles. The summed E-state index contributed by atoms with van der Waals surface area (Å²) in [5.74, 6) is 0.534. The maximum Gasteiger partial charge on any atom is 0.223 e. The summed E-state index contributed by atoms with van der Waals surface area (Å²) in [4.78, 5) is 13.7. The molecule has 1 saturated heterocycles. The van der Waals surface area contributed by atoms with E-state index < -0.39 is 0 Å². The van der Waals surface area contributed by atoms with Gasteiger partial charge in [0.1, 0.15) is 0 Å². The monoisotopic (exact) mass is 255 g/mol. The van der Waals surface area contributed by atoms with Crippen molar-refractivity contribution in [3.8, 4) is 0 Å². The minimum absolute atomic E-state index is 0.247. The minimum atomic E-state index is 0.247. The third-order valence-electron chi connectivity index (χ3n) is 3.98. The lowest BCUT2D eigenvalue weighted by Crippen LogP contribution is -3.13. The average Bonchev–Trinajstić information content (AvgIpc) is 2.39. The Hall–Kier alpha value is -0.570. The minimum Gasteiger partial charge on any atom is -0.350 e. The zero-order valence-electron chi connectivity index (χ0n) is 12.3. The van der Waals surface area contributed by atoms with E-state index in [1.165, 1.54) is 32.4 Å². The third-order valence-corrected chi connectivity index (χ3v) is 3.98. The predicted molar refractivity (Wildman–Crippen MR) is 75.7 cm³/mol. The van der Waals surface area contributed by atoms with Crippen molar-refractivity contribution in [3.05, 3.63) is 0 Å². The molecule has 1 fully saturated rings. The Bertz CT molecular complexity index is 219. The van der Waals surface area contributed by atoms with E-state index in [9.17, 15) is 4.79 Å². The molecule has 0 unspecified atom stereocenters. The largest absolute Gasteiger partial charge is 0.350 e. The third kappa shape index (κ3) is 5.85. The van der Waals surface area contributed by atoms with Crippen LogP contribution < -0.4 is 10.2 Å². The summed E-state index contributed by atoms with van der Waals surface area (Å²) in [7, 11) is 0. The number of hydrogen-bond acceptors (Lipinski definition) is 1. The van der Waals surface area contributed by atoms with Gasteiger partial charge in [-0.1, -0.05) is 26.7 Å². The molecule has 1 rings (SSSR count). The van der Waals surface area contributed by atoms with E-state index in [4.69, 9.17) is 0 Å². The first-order valence-electron chi connectivity index (χ1n) is 7.89. The second-order valence-corrected chi connectivity index (χ2v) is 5.63. The number of quaternary nitrogens is 1. The van der Waals surface area contributed by atoms with Crippen molar-refractivity contribution in [2.45, 2.75) is 58.8 Å². The van der Waals surface area contributed by atoms with Crippen LogP contribution in [-0.2, 0) is 4.79 Å². The van der Waals surface area contributed by atoms with E-state index in [1.54, 1.807) is 4.90 Å². The zero-order valence-corrected chi connectivity index (χ0v) is 12.3. The standard InChI is InChI=1S/C15H30N2O/c1-3-8-14(9-4-2)15(18)16-10-13-17-11-6-5-7-12-17/h14H,3-13H2,1-2H3,(H,16,18)/p+1. The fourth-order valence-electron chi connectivity index (χ4n) is 2.91. The molecular weight excluding hydrogens is 224 g/mol. The molecule has 0 aliphatic carbocycles. The summed E-state index contributed by atoms with van der Waals surface area (Å²) in [5, 5.41) is 3.14. The first-order valence-corrected chi connectivity index (χ1v) is 7.89. The van der Waals surface area contributed by atoms with Gasteiger partial charge >= 0.3 is 0 Å². The Morgan fingerprint density at radius 3 is 2.28 bits per heavy atom. The van der Waals surface area contributed by atoms with Gasteiger partial charge in [0.2, 0.25) is 5.91 Å². The van der Waals surface area contributed by atoms with E-state index in [2.05, 4.69) is 19.2 Å². The van der Waals surface area contributed by atoms with Crippen molar-refractivity contribution in [1.29, 1.82) is 0 Å². The van der Waals surface area contributed by atoms with Gasteiger partial charge in [0.25, 0.3) is 0 Å². The van der Waals surface area contributed by atoms with Gasteiger partial charge in [0.05, 0.1) is 26.2 Å². The predicted octanol–water partition coefficient (Wildman–Crippen LogP) is 1.39. The van der Waals surface area contributed by atoms with Gasteiger partial charge in [-0.2, -0.15) is 0 Å². The Morgan fingerprint density at radius 2 is 1.72 bits per heavy atom. The van der Waals surface area contributed by atoms with Gasteiger partial charge in [-0.25, -0.2) is 0 Å². The highest BCUT2D eigenvalue weighted by molar-refractivity contribution is 5.78. The summed E-state index contributed by atoms with van der Waals surface area (Å²) in [6.07, 6.45) is 8.40.